The Morgan fingerprint density at radius 2 is 1.93 bits per heavy atom. The first-order chi connectivity index (χ1) is 13.9. The molecule has 0 spiro atoms. The van der Waals surface area contributed by atoms with Crippen LogP contribution in [0.3, 0.4) is 0 Å². The summed E-state index contributed by atoms with van der Waals surface area (Å²) >= 11 is 0. The van der Waals surface area contributed by atoms with Crippen LogP contribution in [0, 0.1) is 28.6 Å². The number of hydrogen-bond donors (Lipinski definition) is 3. The molecule has 4 rings (SSSR count). The van der Waals surface area contributed by atoms with Crippen molar-refractivity contribution in [2.24, 2.45) is 28.6 Å². The Morgan fingerprint density at radius 1 is 1.23 bits per heavy atom. The zero-order valence-corrected chi connectivity index (χ0v) is 17.9. The van der Waals surface area contributed by atoms with Crippen LogP contribution in [-0.4, -0.2) is 57.3 Å². The number of ether oxygens (including phenoxy) is 1. The lowest BCUT2D eigenvalue weighted by atomic mass is 9.45. The van der Waals surface area contributed by atoms with Gasteiger partial charge in [0.05, 0.1) is 12.2 Å². The van der Waals surface area contributed by atoms with E-state index in [0.717, 1.165) is 5.57 Å². The Bertz CT molecular complexity index is 818. The van der Waals surface area contributed by atoms with Crippen molar-refractivity contribution in [2.75, 3.05) is 6.61 Å². The Balaban J connectivity index is 1.69. The molecular weight excluding hydrogens is 388 g/mol. The van der Waals surface area contributed by atoms with Crippen LogP contribution in [0.25, 0.3) is 0 Å². The van der Waals surface area contributed by atoms with Gasteiger partial charge in [0.15, 0.2) is 12.4 Å². The first kappa shape index (κ1) is 21.7. The number of hydrogen-bond acceptors (Lipinski definition) is 7. The minimum absolute atomic E-state index is 0.0152. The van der Waals surface area contributed by atoms with Crippen molar-refractivity contribution in [3.8, 4) is 0 Å². The lowest BCUT2D eigenvalue weighted by molar-refractivity contribution is -0.188. The van der Waals surface area contributed by atoms with Gasteiger partial charge in [-0.2, -0.15) is 0 Å². The first-order valence-electron chi connectivity index (χ1n) is 10.9. The maximum absolute atomic E-state index is 12.9. The summed E-state index contributed by atoms with van der Waals surface area (Å²) in [4.78, 5) is 36.0. The summed E-state index contributed by atoms with van der Waals surface area (Å²) in [5.74, 6) is -1.35. The summed E-state index contributed by atoms with van der Waals surface area (Å²) < 4.78 is 4.86. The fourth-order valence-electron chi connectivity index (χ4n) is 7.49. The Morgan fingerprint density at radius 3 is 2.60 bits per heavy atom. The van der Waals surface area contributed by atoms with Gasteiger partial charge in [-0.3, -0.25) is 14.4 Å². The lowest BCUT2D eigenvalue weighted by Gasteiger charge is -2.61. The third-order valence-corrected chi connectivity index (χ3v) is 8.93. The van der Waals surface area contributed by atoms with Gasteiger partial charge in [0.25, 0.3) is 0 Å². The van der Waals surface area contributed by atoms with E-state index < -0.39 is 47.0 Å². The van der Waals surface area contributed by atoms with Gasteiger partial charge in [0.2, 0.25) is 5.78 Å². The molecule has 8 atom stereocenters. The first-order valence-corrected chi connectivity index (χ1v) is 10.9. The number of esters is 1. The number of fused-ring (bicyclic) bond motifs is 5. The minimum atomic E-state index is -1.68. The molecule has 0 aromatic carbocycles. The number of rotatable bonds is 3. The normalized spacial score (nSPS) is 47.6. The van der Waals surface area contributed by atoms with Crippen molar-refractivity contribution >= 4 is 17.5 Å². The molecule has 3 saturated carbocycles. The Kier molecular flexibility index (Phi) is 5.03. The summed E-state index contributed by atoms with van der Waals surface area (Å²) in [6.45, 7) is 4.62. The van der Waals surface area contributed by atoms with Crippen LogP contribution in [0.1, 0.15) is 59.3 Å². The molecule has 0 bridgehead atoms. The molecule has 0 heterocycles. The van der Waals surface area contributed by atoms with Crippen LogP contribution in [0.2, 0.25) is 0 Å². The molecule has 4 aliphatic rings. The highest BCUT2D eigenvalue weighted by atomic mass is 16.5. The molecule has 0 radical (unpaired) electrons. The van der Waals surface area contributed by atoms with E-state index in [9.17, 15) is 29.7 Å². The fourth-order valence-corrected chi connectivity index (χ4v) is 7.49. The molecule has 4 aliphatic carbocycles. The van der Waals surface area contributed by atoms with Crippen molar-refractivity contribution in [2.45, 2.75) is 77.1 Å². The maximum Gasteiger partial charge on any atom is 0.303 e. The monoisotopic (exact) mass is 420 g/mol. The van der Waals surface area contributed by atoms with Gasteiger partial charge in [-0.25, -0.2) is 0 Å². The summed E-state index contributed by atoms with van der Waals surface area (Å²) in [5, 5.41) is 33.7. The third-order valence-electron chi connectivity index (χ3n) is 8.93. The van der Waals surface area contributed by atoms with Crippen molar-refractivity contribution in [3.05, 3.63) is 11.6 Å². The molecular formula is C23H32O7. The SMILES string of the molecule is CC(=O)OCC(=O)[C@@]1(O)CC[C@@H]2[C@@H]3C[C@@H](O)C4=CC(=O)CC[C@]4(C)[C@@H]3[C@@H](O)C[C@@]21C. The van der Waals surface area contributed by atoms with Gasteiger partial charge < -0.3 is 20.1 Å². The third kappa shape index (κ3) is 2.85. The zero-order valence-electron chi connectivity index (χ0n) is 17.9. The summed E-state index contributed by atoms with van der Waals surface area (Å²) in [6.07, 6.45) is 2.54. The Hall–Kier alpha value is -1.57. The summed E-state index contributed by atoms with van der Waals surface area (Å²) in [6, 6.07) is 0. The van der Waals surface area contributed by atoms with Crippen molar-refractivity contribution in [3.63, 3.8) is 0 Å². The highest BCUT2D eigenvalue weighted by molar-refractivity contribution is 5.92. The molecule has 0 aromatic heterocycles. The molecule has 7 heteroatoms. The maximum atomic E-state index is 12.9. The van der Waals surface area contributed by atoms with Gasteiger partial charge in [-0.1, -0.05) is 13.8 Å². The predicted molar refractivity (Wildman–Crippen MR) is 106 cm³/mol. The number of Topliss-reactive ketones (excluding diaryl/α,β-unsaturated/α-hetero) is 1. The molecule has 0 aliphatic heterocycles. The molecule has 7 nitrogen and oxygen atoms in total. The highest BCUT2D eigenvalue weighted by Crippen LogP contribution is 2.67. The topological polar surface area (TPSA) is 121 Å². The van der Waals surface area contributed by atoms with Crippen LogP contribution in [0.4, 0.5) is 0 Å². The van der Waals surface area contributed by atoms with Crippen LogP contribution < -0.4 is 0 Å². The number of aliphatic hydroxyl groups is 3. The standard InChI is InChI=1S/C23H32O7/c1-12(24)30-11-19(28)23(29)7-5-15-14-9-17(26)16-8-13(25)4-6-21(16,2)20(14)18(27)10-22(15,23)3/h8,14-15,17-18,20,26-27,29H,4-7,9-11H2,1-3H3/t14-,15+,17+,18-,20-,21-,22-,23-/m0/s1. The summed E-state index contributed by atoms with van der Waals surface area (Å²) in [7, 11) is 0. The number of carbonyl (C=O) groups is 3. The number of ketones is 2. The van der Waals surface area contributed by atoms with E-state index in [0.29, 0.717) is 25.7 Å². The average Bonchev–Trinajstić information content (AvgIpc) is 2.93. The molecule has 3 N–H and O–H groups in total. The molecule has 0 unspecified atom stereocenters. The number of aliphatic hydroxyl groups excluding tert-OH is 2. The van der Waals surface area contributed by atoms with E-state index in [4.69, 9.17) is 4.74 Å². The number of carbonyl (C=O) groups excluding carboxylic acids is 3. The lowest BCUT2D eigenvalue weighted by Crippen LogP contribution is -2.63. The van der Waals surface area contributed by atoms with Gasteiger partial charge in [0.1, 0.15) is 5.60 Å². The van der Waals surface area contributed by atoms with Gasteiger partial charge in [0, 0.05) is 18.8 Å². The molecule has 0 aromatic rings. The molecule has 30 heavy (non-hydrogen) atoms. The fraction of sp³-hybridized carbons (Fsp3) is 0.783. The highest BCUT2D eigenvalue weighted by Gasteiger charge is 2.69. The quantitative estimate of drug-likeness (QED) is 0.589. The Labute approximate surface area is 176 Å². The summed E-state index contributed by atoms with van der Waals surface area (Å²) in [5.41, 5.74) is -2.29. The van der Waals surface area contributed by atoms with E-state index in [-0.39, 0.29) is 36.4 Å². The van der Waals surface area contributed by atoms with Gasteiger partial charge in [-0.05, 0) is 66.9 Å². The van der Waals surface area contributed by atoms with Gasteiger partial charge in [-0.15, -0.1) is 0 Å². The van der Waals surface area contributed by atoms with Crippen molar-refractivity contribution < 1.29 is 34.4 Å². The average molecular weight is 421 g/mol. The molecule has 3 fully saturated rings. The molecule has 0 amide bonds. The van der Waals surface area contributed by atoms with Crippen LogP contribution in [-0.2, 0) is 19.1 Å². The zero-order chi connectivity index (χ0) is 22.1. The largest absolute Gasteiger partial charge is 0.458 e. The van der Waals surface area contributed by atoms with E-state index in [2.05, 4.69) is 0 Å². The van der Waals surface area contributed by atoms with Crippen molar-refractivity contribution in [1.82, 2.24) is 0 Å². The van der Waals surface area contributed by atoms with Crippen LogP contribution in [0.15, 0.2) is 11.6 Å². The molecule has 0 saturated heterocycles. The second kappa shape index (κ2) is 6.97. The second-order valence-electron chi connectivity index (χ2n) is 10.3. The van der Waals surface area contributed by atoms with E-state index in [1.165, 1.54) is 6.92 Å². The van der Waals surface area contributed by atoms with E-state index in [1.807, 2.05) is 13.8 Å². The molecule has 166 valence electrons. The van der Waals surface area contributed by atoms with Crippen LogP contribution >= 0.6 is 0 Å². The smallest absolute Gasteiger partial charge is 0.303 e. The minimum Gasteiger partial charge on any atom is -0.458 e. The van der Waals surface area contributed by atoms with Crippen molar-refractivity contribution in [1.29, 1.82) is 0 Å². The van der Waals surface area contributed by atoms with E-state index >= 15 is 0 Å². The van der Waals surface area contributed by atoms with Gasteiger partial charge >= 0.3 is 5.97 Å². The van der Waals surface area contributed by atoms with Crippen LogP contribution in [0.5, 0.6) is 0 Å². The predicted octanol–water partition coefficient (Wildman–Crippen LogP) is 1.32. The van der Waals surface area contributed by atoms with E-state index in [1.54, 1.807) is 6.08 Å². The second-order valence-corrected chi connectivity index (χ2v) is 10.3.